The van der Waals surface area contributed by atoms with E-state index in [1.807, 2.05) is 0 Å². The van der Waals surface area contributed by atoms with Gasteiger partial charge in [-0.15, -0.1) is 11.3 Å². The molecule has 3 nitrogen and oxygen atoms in total. The minimum Gasteiger partial charge on any atom is -0.383 e. The van der Waals surface area contributed by atoms with Crippen LogP contribution in [0.2, 0.25) is 0 Å². The van der Waals surface area contributed by atoms with Gasteiger partial charge in [0.1, 0.15) is 10.6 Å². The lowest BCUT2D eigenvalue weighted by molar-refractivity contribution is 0.700. The summed E-state index contributed by atoms with van der Waals surface area (Å²) in [7, 11) is 0. The topological polar surface area (TPSA) is 51.8 Å². The molecule has 1 aliphatic rings. The molecule has 0 bridgehead atoms. The van der Waals surface area contributed by atoms with E-state index in [1.54, 1.807) is 22.7 Å². The molecule has 0 amide bonds. The standard InChI is InChI=1S/C15H15N3S2/c1-8-6-19-7-10(8)14-17-13(16)12-9-4-2-3-5-11(9)20-15(12)18-14/h6-7H,2-5H2,1H3,(H2,16,17,18). The van der Waals surface area contributed by atoms with Gasteiger partial charge in [0, 0.05) is 15.8 Å². The molecule has 3 aromatic heterocycles. The van der Waals surface area contributed by atoms with E-state index in [0.717, 1.165) is 28.0 Å². The zero-order valence-corrected chi connectivity index (χ0v) is 12.9. The number of hydrogen-bond donors (Lipinski definition) is 1. The fourth-order valence-electron chi connectivity index (χ4n) is 2.90. The molecule has 0 saturated carbocycles. The summed E-state index contributed by atoms with van der Waals surface area (Å²) in [4.78, 5) is 11.9. The Morgan fingerprint density at radius 2 is 2.00 bits per heavy atom. The van der Waals surface area contributed by atoms with Crippen LogP contribution in [0.25, 0.3) is 21.6 Å². The highest BCUT2D eigenvalue weighted by Crippen LogP contribution is 2.39. The molecule has 1 aliphatic carbocycles. The Labute approximate surface area is 125 Å². The number of aromatic nitrogens is 2. The summed E-state index contributed by atoms with van der Waals surface area (Å²) in [5.41, 5.74) is 9.97. The van der Waals surface area contributed by atoms with E-state index in [-0.39, 0.29) is 0 Å². The Kier molecular flexibility index (Phi) is 2.79. The zero-order chi connectivity index (χ0) is 13.7. The third kappa shape index (κ3) is 1.77. The Hall–Kier alpha value is -1.46. The highest BCUT2D eigenvalue weighted by Gasteiger charge is 2.20. The molecule has 0 unspecified atom stereocenters. The van der Waals surface area contributed by atoms with Gasteiger partial charge in [-0.05, 0) is 49.1 Å². The lowest BCUT2D eigenvalue weighted by Gasteiger charge is -2.10. The van der Waals surface area contributed by atoms with Crippen molar-refractivity contribution in [2.45, 2.75) is 32.6 Å². The zero-order valence-electron chi connectivity index (χ0n) is 11.3. The molecule has 0 aliphatic heterocycles. The van der Waals surface area contributed by atoms with Crippen molar-refractivity contribution in [1.29, 1.82) is 0 Å². The third-order valence-electron chi connectivity index (χ3n) is 3.94. The highest BCUT2D eigenvalue weighted by molar-refractivity contribution is 7.19. The van der Waals surface area contributed by atoms with Crippen molar-refractivity contribution < 1.29 is 0 Å². The molecule has 0 radical (unpaired) electrons. The molecule has 0 atom stereocenters. The van der Waals surface area contributed by atoms with Crippen molar-refractivity contribution in [2.24, 2.45) is 0 Å². The third-order valence-corrected chi connectivity index (χ3v) is 5.99. The van der Waals surface area contributed by atoms with Gasteiger partial charge < -0.3 is 5.73 Å². The van der Waals surface area contributed by atoms with Gasteiger partial charge in [0.2, 0.25) is 0 Å². The van der Waals surface area contributed by atoms with Gasteiger partial charge in [-0.25, -0.2) is 9.97 Å². The van der Waals surface area contributed by atoms with Gasteiger partial charge in [-0.2, -0.15) is 11.3 Å². The lowest BCUT2D eigenvalue weighted by atomic mass is 9.97. The van der Waals surface area contributed by atoms with E-state index in [0.29, 0.717) is 5.82 Å². The van der Waals surface area contributed by atoms with Gasteiger partial charge in [-0.1, -0.05) is 0 Å². The van der Waals surface area contributed by atoms with Gasteiger partial charge in [0.15, 0.2) is 5.82 Å². The van der Waals surface area contributed by atoms with Crippen LogP contribution < -0.4 is 5.73 Å². The quantitative estimate of drug-likeness (QED) is 0.733. The fourth-order valence-corrected chi connectivity index (χ4v) is 4.99. The summed E-state index contributed by atoms with van der Waals surface area (Å²) < 4.78 is 0. The number of thiophene rings is 2. The second kappa shape index (κ2) is 4.53. The maximum atomic E-state index is 6.24. The first-order chi connectivity index (χ1) is 9.74. The molecule has 2 N–H and O–H groups in total. The second-order valence-corrected chi connectivity index (χ2v) is 7.12. The fraction of sp³-hybridized carbons (Fsp3) is 0.333. The predicted molar refractivity (Wildman–Crippen MR) is 86.5 cm³/mol. The van der Waals surface area contributed by atoms with Crippen LogP contribution in [0, 0.1) is 6.92 Å². The van der Waals surface area contributed by atoms with Crippen LogP contribution in [0.3, 0.4) is 0 Å². The molecular formula is C15H15N3S2. The van der Waals surface area contributed by atoms with E-state index in [2.05, 4.69) is 22.7 Å². The van der Waals surface area contributed by atoms with Gasteiger partial charge >= 0.3 is 0 Å². The molecule has 4 rings (SSSR count). The number of hydrogen-bond acceptors (Lipinski definition) is 5. The van der Waals surface area contributed by atoms with Crippen LogP contribution in [0.1, 0.15) is 28.8 Å². The second-order valence-electron chi connectivity index (χ2n) is 5.29. The average Bonchev–Trinajstić information content (AvgIpc) is 3.01. The number of aryl methyl sites for hydroxylation is 3. The SMILES string of the molecule is Cc1cscc1-c1nc(N)c2c3c(sc2n1)CCCC3. The Morgan fingerprint density at radius 1 is 1.15 bits per heavy atom. The number of rotatable bonds is 1. The summed E-state index contributed by atoms with van der Waals surface area (Å²) in [5.74, 6) is 1.42. The van der Waals surface area contributed by atoms with Crippen LogP contribution in [-0.4, -0.2) is 9.97 Å². The summed E-state index contributed by atoms with van der Waals surface area (Å²) >= 11 is 3.49. The molecule has 3 heterocycles. The number of nitrogen functional groups attached to an aromatic ring is 1. The molecular weight excluding hydrogens is 286 g/mol. The van der Waals surface area contributed by atoms with E-state index >= 15 is 0 Å². The summed E-state index contributed by atoms with van der Waals surface area (Å²) in [6.45, 7) is 2.09. The van der Waals surface area contributed by atoms with E-state index in [4.69, 9.17) is 10.7 Å². The minimum absolute atomic E-state index is 0.648. The largest absolute Gasteiger partial charge is 0.383 e. The van der Waals surface area contributed by atoms with E-state index in [1.165, 1.54) is 35.3 Å². The minimum atomic E-state index is 0.648. The molecule has 102 valence electrons. The highest BCUT2D eigenvalue weighted by atomic mass is 32.1. The van der Waals surface area contributed by atoms with Crippen LogP contribution in [0.15, 0.2) is 10.8 Å². The number of anilines is 1. The van der Waals surface area contributed by atoms with Crippen LogP contribution in [0.5, 0.6) is 0 Å². The molecule has 0 aromatic carbocycles. The van der Waals surface area contributed by atoms with E-state index < -0.39 is 0 Å². The molecule has 20 heavy (non-hydrogen) atoms. The van der Waals surface area contributed by atoms with Gasteiger partial charge in [0.05, 0.1) is 5.39 Å². The lowest BCUT2D eigenvalue weighted by Crippen LogP contribution is -2.01. The Bertz CT molecular complexity index is 801. The van der Waals surface area contributed by atoms with Crippen molar-refractivity contribution in [3.8, 4) is 11.4 Å². The molecule has 0 spiro atoms. The molecule has 5 heteroatoms. The van der Waals surface area contributed by atoms with Crippen LogP contribution >= 0.6 is 22.7 Å². The van der Waals surface area contributed by atoms with Crippen molar-refractivity contribution in [3.05, 3.63) is 26.8 Å². The Morgan fingerprint density at radius 3 is 2.80 bits per heavy atom. The smallest absolute Gasteiger partial charge is 0.164 e. The predicted octanol–water partition coefficient (Wildman–Crippen LogP) is 4.19. The van der Waals surface area contributed by atoms with Gasteiger partial charge in [0.25, 0.3) is 0 Å². The monoisotopic (exact) mass is 301 g/mol. The first kappa shape index (κ1) is 12.3. The number of nitrogens with zero attached hydrogens (tertiary/aromatic N) is 2. The number of fused-ring (bicyclic) bond motifs is 3. The first-order valence-corrected chi connectivity index (χ1v) is 8.61. The first-order valence-electron chi connectivity index (χ1n) is 6.85. The summed E-state index contributed by atoms with van der Waals surface area (Å²) in [5, 5.41) is 5.34. The van der Waals surface area contributed by atoms with E-state index in [9.17, 15) is 0 Å². The molecule has 0 fully saturated rings. The maximum absolute atomic E-state index is 6.24. The van der Waals surface area contributed by atoms with Crippen LogP contribution in [0.4, 0.5) is 5.82 Å². The summed E-state index contributed by atoms with van der Waals surface area (Å²) in [6, 6.07) is 0. The Balaban J connectivity index is 1.97. The van der Waals surface area contributed by atoms with Crippen molar-refractivity contribution in [1.82, 2.24) is 9.97 Å². The molecule has 0 saturated heterocycles. The maximum Gasteiger partial charge on any atom is 0.164 e. The van der Waals surface area contributed by atoms with Crippen molar-refractivity contribution in [2.75, 3.05) is 5.73 Å². The van der Waals surface area contributed by atoms with Crippen LogP contribution in [-0.2, 0) is 12.8 Å². The van der Waals surface area contributed by atoms with Crippen molar-refractivity contribution >= 4 is 38.7 Å². The molecule has 3 aromatic rings. The number of nitrogens with two attached hydrogens (primary N) is 1. The normalized spacial score (nSPS) is 14.7. The summed E-state index contributed by atoms with van der Waals surface area (Å²) in [6.07, 6.45) is 4.83. The van der Waals surface area contributed by atoms with Gasteiger partial charge in [-0.3, -0.25) is 0 Å². The van der Waals surface area contributed by atoms with Crippen molar-refractivity contribution in [3.63, 3.8) is 0 Å². The average molecular weight is 301 g/mol.